The van der Waals surface area contributed by atoms with Gasteiger partial charge in [-0.15, -0.1) is 0 Å². The van der Waals surface area contributed by atoms with Crippen LogP contribution in [0.2, 0.25) is 0 Å². The number of ether oxygens (including phenoxy) is 1. The molecule has 0 aromatic heterocycles. The number of carbonyl (C=O) groups excluding carboxylic acids is 3. The van der Waals surface area contributed by atoms with Crippen LogP contribution in [0.5, 0.6) is 5.75 Å². The number of unbranched alkanes of at least 4 members (excludes halogenated alkanes) is 1. The maximum absolute atomic E-state index is 13.7. The molecular weight excluding hydrogens is 446 g/mol. The monoisotopic (exact) mass is 483 g/mol. The van der Waals surface area contributed by atoms with Crippen molar-refractivity contribution in [3.8, 4) is 5.75 Å². The summed E-state index contributed by atoms with van der Waals surface area (Å²) < 4.78 is 5.23. The number of aromatic hydroxyl groups is 1. The van der Waals surface area contributed by atoms with E-state index in [-0.39, 0.29) is 18.8 Å². The highest BCUT2D eigenvalue weighted by Crippen LogP contribution is 2.31. The SMILES string of the molecule is CCCCN(C(=O)CNC(=O)OC(C)(C)C)C(C(=O)Nc1c(C)cccc1C)c1ccccc1O. The number of nitrogens with zero attached hydrogens (tertiary/aromatic N) is 1. The van der Waals surface area contributed by atoms with Crippen LogP contribution in [-0.4, -0.2) is 46.6 Å². The van der Waals surface area contributed by atoms with Crippen molar-refractivity contribution in [1.82, 2.24) is 10.2 Å². The molecule has 0 radical (unpaired) electrons. The Bertz CT molecular complexity index is 1030. The van der Waals surface area contributed by atoms with Crippen LogP contribution in [0.4, 0.5) is 10.5 Å². The zero-order valence-corrected chi connectivity index (χ0v) is 21.5. The number of phenols is 1. The Hall–Kier alpha value is -3.55. The lowest BCUT2D eigenvalue weighted by Crippen LogP contribution is -2.47. The smallest absolute Gasteiger partial charge is 0.408 e. The average Bonchev–Trinajstić information content (AvgIpc) is 2.77. The van der Waals surface area contributed by atoms with Gasteiger partial charge in [0.05, 0.1) is 0 Å². The number of hydrogen-bond donors (Lipinski definition) is 3. The van der Waals surface area contributed by atoms with Crippen LogP contribution in [0.3, 0.4) is 0 Å². The van der Waals surface area contributed by atoms with Crippen molar-refractivity contribution in [2.75, 3.05) is 18.4 Å². The number of amides is 3. The van der Waals surface area contributed by atoms with Gasteiger partial charge in [0, 0.05) is 17.8 Å². The third kappa shape index (κ3) is 8.02. The summed E-state index contributed by atoms with van der Waals surface area (Å²) >= 11 is 0. The summed E-state index contributed by atoms with van der Waals surface area (Å²) in [6.07, 6.45) is 0.703. The summed E-state index contributed by atoms with van der Waals surface area (Å²) in [5.74, 6) is -1.01. The van der Waals surface area contributed by atoms with Crippen molar-refractivity contribution in [2.24, 2.45) is 0 Å². The molecule has 0 saturated heterocycles. The first kappa shape index (κ1) is 27.7. The minimum atomic E-state index is -1.10. The lowest BCUT2D eigenvalue weighted by Gasteiger charge is -2.32. The van der Waals surface area contributed by atoms with Gasteiger partial charge in [-0.1, -0.05) is 49.7 Å². The van der Waals surface area contributed by atoms with Crippen LogP contribution in [-0.2, 0) is 14.3 Å². The molecule has 3 amide bonds. The fourth-order valence-electron chi connectivity index (χ4n) is 3.66. The predicted molar refractivity (Wildman–Crippen MR) is 136 cm³/mol. The Morgan fingerprint density at radius 1 is 1.03 bits per heavy atom. The molecule has 35 heavy (non-hydrogen) atoms. The number of para-hydroxylation sites is 2. The number of alkyl carbamates (subject to hydrolysis) is 1. The zero-order valence-electron chi connectivity index (χ0n) is 21.5. The van der Waals surface area contributed by atoms with E-state index in [2.05, 4.69) is 10.6 Å². The topological polar surface area (TPSA) is 108 Å². The van der Waals surface area contributed by atoms with Crippen molar-refractivity contribution >= 4 is 23.6 Å². The first-order valence-corrected chi connectivity index (χ1v) is 11.9. The highest BCUT2D eigenvalue weighted by Gasteiger charge is 2.33. The quantitative estimate of drug-likeness (QED) is 0.473. The number of hydrogen-bond acceptors (Lipinski definition) is 5. The first-order valence-electron chi connectivity index (χ1n) is 11.9. The number of aryl methyl sites for hydroxylation is 2. The molecule has 0 aliphatic rings. The predicted octanol–water partition coefficient (Wildman–Crippen LogP) is 4.84. The van der Waals surface area contributed by atoms with Crippen LogP contribution < -0.4 is 10.6 Å². The third-order valence-corrected chi connectivity index (χ3v) is 5.38. The number of rotatable bonds is 9. The van der Waals surface area contributed by atoms with Gasteiger partial charge in [0.2, 0.25) is 5.91 Å². The highest BCUT2D eigenvalue weighted by atomic mass is 16.6. The number of anilines is 1. The molecule has 0 heterocycles. The highest BCUT2D eigenvalue weighted by molar-refractivity contribution is 5.99. The van der Waals surface area contributed by atoms with Crippen LogP contribution in [0.25, 0.3) is 0 Å². The maximum atomic E-state index is 13.7. The second kappa shape index (κ2) is 12.2. The standard InChI is InChI=1S/C27H37N3O5/c1-7-8-16-30(22(32)17-28-26(34)35-27(4,5)6)24(20-14-9-10-15-21(20)31)25(33)29-23-18(2)12-11-13-19(23)3/h9-15,24,31H,7-8,16-17H2,1-6H3,(H,28,34)(H,29,33). The van der Waals surface area contributed by atoms with Gasteiger partial charge < -0.3 is 25.4 Å². The molecule has 8 heteroatoms. The molecule has 0 bridgehead atoms. The lowest BCUT2D eigenvalue weighted by molar-refractivity contribution is -0.138. The van der Waals surface area contributed by atoms with E-state index in [1.54, 1.807) is 39.0 Å². The van der Waals surface area contributed by atoms with Gasteiger partial charge in [0.15, 0.2) is 0 Å². The number of nitrogens with one attached hydrogen (secondary N) is 2. The van der Waals surface area contributed by atoms with E-state index >= 15 is 0 Å². The van der Waals surface area contributed by atoms with Crippen LogP contribution in [0.15, 0.2) is 42.5 Å². The molecule has 1 unspecified atom stereocenters. The molecule has 0 fully saturated rings. The normalized spacial score (nSPS) is 11.9. The molecular formula is C27H37N3O5. The van der Waals surface area contributed by atoms with Crippen molar-refractivity contribution in [3.63, 3.8) is 0 Å². The van der Waals surface area contributed by atoms with E-state index in [0.29, 0.717) is 17.7 Å². The summed E-state index contributed by atoms with van der Waals surface area (Å²) in [5, 5.41) is 16.0. The Balaban J connectivity index is 2.41. The lowest BCUT2D eigenvalue weighted by atomic mass is 10.0. The Kier molecular flexibility index (Phi) is 9.68. The van der Waals surface area contributed by atoms with Crippen molar-refractivity contribution in [1.29, 1.82) is 0 Å². The van der Waals surface area contributed by atoms with Gasteiger partial charge in [0.1, 0.15) is 23.9 Å². The number of carbonyl (C=O) groups is 3. The largest absolute Gasteiger partial charge is 0.508 e. The van der Waals surface area contributed by atoms with Gasteiger partial charge in [-0.05, 0) is 58.2 Å². The molecule has 2 aromatic rings. The van der Waals surface area contributed by atoms with E-state index in [1.165, 1.54) is 11.0 Å². The second-order valence-electron chi connectivity index (χ2n) is 9.51. The molecule has 0 aliphatic carbocycles. The van der Waals surface area contributed by atoms with Crippen LogP contribution >= 0.6 is 0 Å². The summed E-state index contributed by atoms with van der Waals surface area (Å²) in [5.41, 5.74) is 2.02. The van der Waals surface area contributed by atoms with E-state index in [1.807, 2.05) is 39.0 Å². The van der Waals surface area contributed by atoms with E-state index in [9.17, 15) is 19.5 Å². The minimum Gasteiger partial charge on any atom is -0.508 e. The Morgan fingerprint density at radius 2 is 1.66 bits per heavy atom. The molecule has 190 valence electrons. The molecule has 0 aliphatic heterocycles. The molecule has 0 saturated carbocycles. The fraction of sp³-hybridized carbons (Fsp3) is 0.444. The summed E-state index contributed by atoms with van der Waals surface area (Å²) in [4.78, 5) is 40.5. The first-order chi connectivity index (χ1) is 16.4. The number of phenolic OH excluding ortho intramolecular Hbond substituents is 1. The Morgan fingerprint density at radius 3 is 2.23 bits per heavy atom. The average molecular weight is 484 g/mol. The molecule has 1 atom stereocenters. The van der Waals surface area contributed by atoms with Crippen LogP contribution in [0, 0.1) is 13.8 Å². The van der Waals surface area contributed by atoms with E-state index < -0.39 is 29.6 Å². The molecule has 8 nitrogen and oxygen atoms in total. The Labute approximate surface area is 207 Å². The molecule has 2 rings (SSSR count). The summed E-state index contributed by atoms with van der Waals surface area (Å²) in [6.45, 7) is 10.9. The van der Waals surface area contributed by atoms with E-state index in [4.69, 9.17) is 4.74 Å². The maximum Gasteiger partial charge on any atom is 0.408 e. The second-order valence-corrected chi connectivity index (χ2v) is 9.51. The van der Waals surface area contributed by atoms with Crippen molar-refractivity contribution < 1.29 is 24.2 Å². The van der Waals surface area contributed by atoms with Gasteiger partial charge in [-0.25, -0.2) is 4.79 Å². The minimum absolute atomic E-state index is 0.0939. The van der Waals surface area contributed by atoms with Crippen LogP contribution in [0.1, 0.15) is 63.3 Å². The molecule has 0 spiro atoms. The fourth-order valence-corrected chi connectivity index (χ4v) is 3.66. The zero-order chi connectivity index (χ0) is 26.2. The molecule has 3 N–H and O–H groups in total. The van der Waals surface area contributed by atoms with E-state index in [0.717, 1.165) is 17.5 Å². The van der Waals surface area contributed by atoms with Gasteiger partial charge in [0.25, 0.3) is 5.91 Å². The summed E-state index contributed by atoms with van der Waals surface area (Å²) in [7, 11) is 0. The third-order valence-electron chi connectivity index (χ3n) is 5.38. The van der Waals surface area contributed by atoms with Crippen molar-refractivity contribution in [3.05, 3.63) is 59.2 Å². The van der Waals surface area contributed by atoms with Gasteiger partial charge in [-0.2, -0.15) is 0 Å². The summed E-state index contributed by atoms with van der Waals surface area (Å²) in [6, 6.07) is 11.0. The van der Waals surface area contributed by atoms with Crippen molar-refractivity contribution in [2.45, 2.75) is 66.0 Å². The van der Waals surface area contributed by atoms with Gasteiger partial charge >= 0.3 is 6.09 Å². The number of benzene rings is 2. The van der Waals surface area contributed by atoms with Gasteiger partial charge in [-0.3, -0.25) is 9.59 Å². The molecule has 2 aromatic carbocycles.